The molecule has 0 aliphatic heterocycles. The van der Waals surface area contributed by atoms with Crippen molar-refractivity contribution in [1.29, 1.82) is 0 Å². The summed E-state index contributed by atoms with van der Waals surface area (Å²) in [7, 11) is 0. The van der Waals surface area contributed by atoms with E-state index in [1.165, 1.54) is 18.2 Å². The van der Waals surface area contributed by atoms with E-state index < -0.39 is 17.6 Å². The van der Waals surface area contributed by atoms with Gasteiger partial charge in [0.15, 0.2) is 5.16 Å². The van der Waals surface area contributed by atoms with E-state index >= 15 is 0 Å². The number of hydrogen-bond donors (Lipinski definition) is 2. The maximum Gasteiger partial charge on any atom is 0.416 e. The first-order chi connectivity index (χ1) is 11.8. The molecule has 0 fully saturated rings. The van der Waals surface area contributed by atoms with Gasteiger partial charge in [-0.2, -0.15) is 13.2 Å². The smallest absolute Gasteiger partial charge is 0.325 e. The number of carbonyl (C=O) groups is 1. The number of aromatic nitrogens is 2. The molecule has 0 aliphatic carbocycles. The molecule has 1 heterocycles. The van der Waals surface area contributed by atoms with E-state index in [-0.39, 0.29) is 17.0 Å². The van der Waals surface area contributed by atoms with Gasteiger partial charge in [-0.15, -0.1) is 0 Å². The van der Waals surface area contributed by atoms with E-state index in [2.05, 4.69) is 15.3 Å². The predicted octanol–water partition coefficient (Wildman–Crippen LogP) is 3.47. The van der Waals surface area contributed by atoms with Gasteiger partial charge in [0.1, 0.15) is 0 Å². The van der Waals surface area contributed by atoms with Crippen molar-refractivity contribution in [2.75, 3.05) is 11.1 Å². The maximum absolute atomic E-state index is 12.5. The van der Waals surface area contributed by atoms with Crippen LogP contribution in [0.2, 0.25) is 0 Å². The fourth-order valence-corrected chi connectivity index (χ4v) is 2.70. The predicted molar refractivity (Wildman–Crippen MR) is 89.7 cm³/mol. The number of thioether (sulfide) groups is 1. The fourth-order valence-electron chi connectivity index (χ4n) is 2.01. The second-order valence-electron chi connectivity index (χ2n) is 5.20. The first-order valence-electron chi connectivity index (χ1n) is 7.48. The standard InChI is InChI=1S/C16H16F3N3O2S/c1-2-3-12-8-13(23)22-15(21-12)25-9-14(24)20-11-6-4-10(5-7-11)16(17,18)19/h4-8H,2-3,9H2,1H3,(H,20,24)(H,21,22,23). The molecule has 0 bridgehead atoms. The Balaban J connectivity index is 1.94. The molecule has 0 atom stereocenters. The minimum Gasteiger partial charge on any atom is -0.325 e. The van der Waals surface area contributed by atoms with Gasteiger partial charge in [-0.1, -0.05) is 25.1 Å². The number of halogens is 3. The number of aromatic amines is 1. The van der Waals surface area contributed by atoms with Crippen LogP contribution in [0.25, 0.3) is 0 Å². The molecule has 0 saturated heterocycles. The molecule has 1 amide bonds. The Hall–Kier alpha value is -2.29. The molecule has 0 unspecified atom stereocenters. The first-order valence-corrected chi connectivity index (χ1v) is 8.46. The summed E-state index contributed by atoms with van der Waals surface area (Å²) in [6, 6.07) is 5.59. The van der Waals surface area contributed by atoms with E-state index in [9.17, 15) is 22.8 Å². The van der Waals surface area contributed by atoms with E-state index in [0.717, 1.165) is 30.3 Å². The van der Waals surface area contributed by atoms with Gasteiger partial charge in [-0.3, -0.25) is 9.59 Å². The zero-order valence-corrected chi connectivity index (χ0v) is 14.1. The molecule has 9 heteroatoms. The lowest BCUT2D eigenvalue weighted by Crippen LogP contribution is -2.16. The van der Waals surface area contributed by atoms with E-state index in [0.29, 0.717) is 17.3 Å². The number of aryl methyl sites for hydroxylation is 1. The van der Waals surface area contributed by atoms with Crippen LogP contribution in [0.1, 0.15) is 24.6 Å². The monoisotopic (exact) mass is 371 g/mol. The Morgan fingerprint density at radius 2 is 1.96 bits per heavy atom. The quantitative estimate of drug-likeness (QED) is 0.602. The van der Waals surface area contributed by atoms with Crippen LogP contribution in [-0.2, 0) is 17.4 Å². The van der Waals surface area contributed by atoms with Crippen LogP contribution in [0, 0.1) is 0 Å². The maximum atomic E-state index is 12.5. The lowest BCUT2D eigenvalue weighted by molar-refractivity contribution is -0.137. The summed E-state index contributed by atoms with van der Waals surface area (Å²) in [6.45, 7) is 1.97. The summed E-state index contributed by atoms with van der Waals surface area (Å²) in [5.41, 5.74) is -0.157. The number of H-pyrrole nitrogens is 1. The number of anilines is 1. The lowest BCUT2D eigenvalue weighted by atomic mass is 10.2. The van der Waals surface area contributed by atoms with Crippen molar-refractivity contribution >= 4 is 23.4 Å². The summed E-state index contributed by atoms with van der Waals surface area (Å²) in [4.78, 5) is 30.2. The molecule has 0 spiro atoms. The number of nitrogens with zero attached hydrogens (tertiary/aromatic N) is 1. The van der Waals surface area contributed by atoms with Crippen LogP contribution in [0.3, 0.4) is 0 Å². The highest BCUT2D eigenvalue weighted by Gasteiger charge is 2.29. The molecular formula is C16H16F3N3O2S. The Bertz CT molecular complexity index is 788. The summed E-state index contributed by atoms with van der Waals surface area (Å²) in [5.74, 6) is -0.437. The minimum absolute atomic E-state index is 0.0282. The van der Waals surface area contributed by atoms with Crippen LogP contribution in [0.5, 0.6) is 0 Å². The largest absolute Gasteiger partial charge is 0.416 e. The van der Waals surface area contributed by atoms with Gasteiger partial charge < -0.3 is 10.3 Å². The van der Waals surface area contributed by atoms with Gasteiger partial charge >= 0.3 is 6.18 Å². The van der Waals surface area contributed by atoms with Crippen LogP contribution < -0.4 is 10.9 Å². The SMILES string of the molecule is CCCc1cc(=O)[nH]c(SCC(=O)Nc2ccc(C(F)(F)F)cc2)n1. The minimum atomic E-state index is -4.42. The molecule has 2 aromatic rings. The van der Waals surface area contributed by atoms with Crippen molar-refractivity contribution in [2.24, 2.45) is 0 Å². The third kappa shape index (κ3) is 5.93. The van der Waals surface area contributed by atoms with E-state index in [1.54, 1.807) is 0 Å². The van der Waals surface area contributed by atoms with Crippen LogP contribution in [0.15, 0.2) is 40.3 Å². The normalized spacial score (nSPS) is 11.4. The molecule has 0 radical (unpaired) electrons. The summed E-state index contributed by atoms with van der Waals surface area (Å²) < 4.78 is 37.5. The lowest BCUT2D eigenvalue weighted by Gasteiger charge is -2.09. The second-order valence-corrected chi connectivity index (χ2v) is 6.17. The molecule has 5 nitrogen and oxygen atoms in total. The van der Waals surface area contributed by atoms with Crippen molar-refractivity contribution in [1.82, 2.24) is 9.97 Å². The zero-order valence-electron chi connectivity index (χ0n) is 13.3. The highest BCUT2D eigenvalue weighted by atomic mass is 32.2. The van der Waals surface area contributed by atoms with Gasteiger partial charge in [-0.05, 0) is 30.7 Å². The molecule has 0 saturated carbocycles. The molecule has 1 aromatic heterocycles. The topological polar surface area (TPSA) is 74.8 Å². The number of benzene rings is 1. The van der Waals surface area contributed by atoms with Gasteiger partial charge in [0.2, 0.25) is 5.91 Å². The van der Waals surface area contributed by atoms with E-state index in [4.69, 9.17) is 0 Å². The molecule has 1 aromatic carbocycles. The molecular weight excluding hydrogens is 355 g/mol. The van der Waals surface area contributed by atoms with E-state index in [1.807, 2.05) is 6.92 Å². The molecule has 2 N–H and O–H groups in total. The van der Waals surface area contributed by atoms with Gasteiger partial charge in [0.05, 0.1) is 11.3 Å². The number of amides is 1. The number of alkyl halides is 3. The molecule has 25 heavy (non-hydrogen) atoms. The number of rotatable bonds is 6. The highest BCUT2D eigenvalue weighted by molar-refractivity contribution is 7.99. The summed E-state index contributed by atoms with van der Waals surface area (Å²) in [5, 5.41) is 2.83. The van der Waals surface area contributed by atoms with Crippen LogP contribution >= 0.6 is 11.8 Å². The Morgan fingerprint density at radius 3 is 2.56 bits per heavy atom. The summed E-state index contributed by atoms with van der Waals surface area (Å²) >= 11 is 1.05. The average molecular weight is 371 g/mol. The Labute approximate surface area is 146 Å². The van der Waals surface area contributed by atoms with Gasteiger partial charge in [-0.25, -0.2) is 4.98 Å². The van der Waals surface area contributed by atoms with Crippen LogP contribution in [-0.4, -0.2) is 21.6 Å². The third-order valence-corrected chi connectivity index (χ3v) is 3.99. The van der Waals surface area contributed by atoms with Gasteiger partial charge in [0, 0.05) is 17.4 Å². The highest BCUT2D eigenvalue weighted by Crippen LogP contribution is 2.29. The van der Waals surface area contributed by atoms with Gasteiger partial charge in [0.25, 0.3) is 5.56 Å². The Morgan fingerprint density at radius 1 is 1.28 bits per heavy atom. The number of nitrogens with one attached hydrogen (secondary N) is 2. The average Bonchev–Trinajstić information content (AvgIpc) is 2.52. The third-order valence-electron chi connectivity index (χ3n) is 3.12. The molecule has 134 valence electrons. The summed E-state index contributed by atoms with van der Waals surface area (Å²) in [6.07, 6.45) is -2.91. The Kier molecular flexibility index (Phi) is 6.24. The van der Waals surface area contributed by atoms with Crippen molar-refractivity contribution < 1.29 is 18.0 Å². The van der Waals surface area contributed by atoms with Crippen LogP contribution in [0.4, 0.5) is 18.9 Å². The second kappa shape index (κ2) is 8.19. The van der Waals surface area contributed by atoms with Crippen molar-refractivity contribution in [3.63, 3.8) is 0 Å². The first kappa shape index (κ1) is 19.0. The molecule has 0 aliphatic rings. The van der Waals surface area contributed by atoms with Crippen molar-refractivity contribution in [2.45, 2.75) is 31.1 Å². The number of hydrogen-bond acceptors (Lipinski definition) is 4. The molecule has 2 rings (SSSR count). The number of carbonyl (C=O) groups excluding carboxylic acids is 1. The zero-order chi connectivity index (χ0) is 18.4. The fraction of sp³-hybridized carbons (Fsp3) is 0.312. The van der Waals surface area contributed by atoms with Crippen molar-refractivity contribution in [3.8, 4) is 0 Å². The van der Waals surface area contributed by atoms with Crippen molar-refractivity contribution in [3.05, 3.63) is 51.9 Å².